The lowest BCUT2D eigenvalue weighted by Gasteiger charge is -2.23. The quantitative estimate of drug-likeness (QED) is 0.443. The largest absolute Gasteiger partial charge is 0.366 e. The van der Waals surface area contributed by atoms with Crippen molar-refractivity contribution in [2.24, 2.45) is 5.73 Å². The lowest BCUT2D eigenvalue weighted by atomic mass is 10.2. The summed E-state index contributed by atoms with van der Waals surface area (Å²) in [4.78, 5) is 26.2. The van der Waals surface area contributed by atoms with Crippen LogP contribution in [0.25, 0.3) is 0 Å². The van der Waals surface area contributed by atoms with Crippen molar-refractivity contribution in [3.8, 4) is 0 Å². The van der Waals surface area contributed by atoms with Gasteiger partial charge in [-0.1, -0.05) is 49.0 Å². The minimum absolute atomic E-state index is 0.114. The van der Waals surface area contributed by atoms with Crippen LogP contribution in [-0.2, 0) is 11.3 Å². The molecule has 2 atom stereocenters. The first-order valence-corrected chi connectivity index (χ1v) is 11.7. The second-order valence-corrected chi connectivity index (χ2v) is 9.30. The molecule has 2 aromatic carbocycles. The second kappa shape index (κ2) is 11.1. The summed E-state index contributed by atoms with van der Waals surface area (Å²) in [6.45, 7) is 4.58. The number of carbonyl (C=O) groups is 2. The van der Waals surface area contributed by atoms with Gasteiger partial charge in [-0.15, -0.1) is 10.2 Å². The standard InChI is InChI=1S/C24H30N6O2S/c1-5-20(29(3)4)22-27-28-24(30(22)15-17-9-7-6-8-10-17)33-16(2)23(32)26-19-13-11-18(12-14-19)21(25)31/h6-14,16,20H,5,15H2,1-4H3,(H2,25,31)(H,26,32). The molecule has 1 aromatic heterocycles. The van der Waals surface area contributed by atoms with Crippen molar-refractivity contribution < 1.29 is 9.59 Å². The number of aromatic nitrogens is 3. The molecule has 0 spiro atoms. The Labute approximate surface area is 198 Å². The van der Waals surface area contributed by atoms with Crippen molar-refractivity contribution in [3.05, 3.63) is 71.5 Å². The summed E-state index contributed by atoms with van der Waals surface area (Å²) in [5.41, 5.74) is 7.40. The van der Waals surface area contributed by atoms with E-state index in [1.807, 2.05) is 39.2 Å². The average Bonchev–Trinajstić information content (AvgIpc) is 3.16. The van der Waals surface area contributed by atoms with Crippen molar-refractivity contribution >= 4 is 29.3 Å². The van der Waals surface area contributed by atoms with E-state index in [9.17, 15) is 9.59 Å². The topological polar surface area (TPSA) is 106 Å². The summed E-state index contributed by atoms with van der Waals surface area (Å²) in [6.07, 6.45) is 0.891. The molecule has 3 N–H and O–H groups in total. The molecule has 2 unspecified atom stereocenters. The molecule has 0 saturated carbocycles. The second-order valence-electron chi connectivity index (χ2n) is 7.99. The van der Waals surface area contributed by atoms with Crippen LogP contribution in [0.1, 0.15) is 48.1 Å². The molecular formula is C24H30N6O2S. The van der Waals surface area contributed by atoms with Gasteiger partial charge in [0.05, 0.1) is 17.8 Å². The fourth-order valence-electron chi connectivity index (χ4n) is 3.50. The first-order chi connectivity index (χ1) is 15.8. The van der Waals surface area contributed by atoms with Crippen molar-refractivity contribution in [1.29, 1.82) is 0 Å². The Kier molecular flexibility index (Phi) is 8.24. The highest BCUT2D eigenvalue weighted by Crippen LogP contribution is 2.29. The van der Waals surface area contributed by atoms with Crippen LogP contribution in [0.2, 0.25) is 0 Å². The summed E-state index contributed by atoms with van der Waals surface area (Å²) in [6, 6.07) is 16.8. The Morgan fingerprint density at radius 1 is 1.09 bits per heavy atom. The molecular weight excluding hydrogens is 436 g/mol. The van der Waals surface area contributed by atoms with Gasteiger partial charge in [-0.3, -0.25) is 14.5 Å². The molecule has 174 valence electrons. The predicted octanol–water partition coefficient (Wildman–Crippen LogP) is 3.56. The fraction of sp³-hybridized carbons (Fsp3) is 0.333. The Hall–Kier alpha value is -3.17. The van der Waals surface area contributed by atoms with Gasteiger partial charge in [0, 0.05) is 11.3 Å². The molecule has 0 aliphatic carbocycles. The van der Waals surface area contributed by atoms with E-state index in [-0.39, 0.29) is 11.9 Å². The number of primary amides is 1. The smallest absolute Gasteiger partial charge is 0.248 e. The summed E-state index contributed by atoms with van der Waals surface area (Å²) < 4.78 is 2.10. The first kappa shape index (κ1) is 24.5. The van der Waals surface area contributed by atoms with Gasteiger partial charge in [0.15, 0.2) is 11.0 Å². The number of nitrogens with two attached hydrogens (primary N) is 1. The Morgan fingerprint density at radius 2 is 1.76 bits per heavy atom. The van der Waals surface area contributed by atoms with Gasteiger partial charge in [-0.05, 0) is 57.3 Å². The van der Waals surface area contributed by atoms with Crippen LogP contribution in [0.15, 0.2) is 59.8 Å². The maximum Gasteiger partial charge on any atom is 0.248 e. The molecule has 0 fully saturated rings. The molecule has 3 aromatic rings. The van der Waals surface area contributed by atoms with Gasteiger partial charge in [-0.2, -0.15) is 0 Å². The zero-order chi connectivity index (χ0) is 24.0. The summed E-state index contributed by atoms with van der Waals surface area (Å²) >= 11 is 1.37. The molecule has 3 rings (SSSR count). The Bertz CT molecular complexity index is 1080. The number of nitrogens with zero attached hydrogens (tertiary/aromatic N) is 4. The number of hydrogen-bond acceptors (Lipinski definition) is 6. The molecule has 8 nitrogen and oxygen atoms in total. The predicted molar refractivity (Wildman–Crippen MR) is 131 cm³/mol. The van der Waals surface area contributed by atoms with Gasteiger partial charge >= 0.3 is 0 Å². The van der Waals surface area contributed by atoms with Crippen LogP contribution in [0.4, 0.5) is 5.69 Å². The van der Waals surface area contributed by atoms with Crippen LogP contribution in [0, 0.1) is 0 Å². The Morgan fingerprint density at radius 3 is 2.33 bits per heavy atom. The summed E-state index contributed by atoms with van der Waals surface area (Å²) in [5.74, 6) is 0.208. The molecule has 0 aliphatic heterocycles. The van der Waals surface area contributed by atoms with Gasteiger partial charge in [0.25, 0.3) is 0 Å². The fourth-order valence-corrected chi connectivity index (χ4v) is 4.36. The highest BCUT2D eigenvalue weighted by molar-refractivity contribution is 8.00. The monoisotopic (exact) mass is 466 g/mol. The molecule has 9 heteroatoms. The highest BCUT2D eigenvalue weighted by atomic mass is 32.2. The van der Waals surface area contributed by atoms with E-state index >= 15 is 0 Å². The third-order valence-electron chi connectivity index (χ3n) is 5.33. The number of thioether (sulfide) groups is 1. The maximum atomic E-state index is 12.8. The van der Waals surface area contributed by atoms with Gasteiger partial charge in [0.2, 0.25) is 11.8 Å². The molecule has 0 bridgehead atoms. The lowest BCUT2D eigenvalue weighted by molar-refractivity contribution is -0.115. The highest BCUT2D eigenvalue weighted by Gasteiger charge is 2.25. The third kappa shape index (κ3) is 6.21. The van der Waals surface area contributed by atoms with E-state index in [0.717, 1.165) is 17.8 Å². The number of benzene rings is 2. The van der Waals surface area contributed by atoms with E-state index in [0.29, 0.717) is 23.0 Å². The zero-order valence-electron chi connectivity index (χ0n) is 19.4. The van der Waals surface area contributed by atoms with Crippen LogP contribution < -0.4 is 11.1 Å². The SMILES string of the molecule is CCC(c1nnc(SC(C)C(=O)Nc2ccc(C(N)=O)cc2)n1Cc1ccccc1)N(C)C. The van der Waals surface area contributed by atoms with E-state index in [1.54, 1.807) is 24.3 Å². The lowest BCUT2D eigenvalue weighted by Crippen LogP contribution is -2.25. The number of carbonyl (C=O) groups excluding carboxylic acids is 2. The number of anilines is 1. The van der Waals surface area contributed by atoms with E-state index in [4.69, 9.17) is 5.73 Å². The van der Waals surface area contributed by atoms with Crippen LogP contribution in [-0.4, -0.2) is 50.8 Å². The molecule has 0 saturated heterocycles. The van der Waals surface area contributed by atoms with Crippen molar-refractivity contribution in [2.45, 2.75) is 43.3 Å². The van der Waals surface area contributed by atoms with Gasteiger partial charge in [0.1, 0.15) is 0 Å². The van der Waals surface area contributed by atoms with Crippen LogP contribution in [0.3, 0.4) is 0 Å². The number of hydrogen-bond donors (Lipinski definition) is 2. The molecule has 0 radical (unpaired) electrons. The van der Waals surface area contributed by atoms with Crippen molar-refractivity contribution in [2.75, 3.05) is 19.4 Å². The zero-order valence-corrected chi connectivity index (χ0v) is 20.2. The molecule has 0 aliphatic rings. The van der Waals surface area contributed by atoms with Gasteiger partial charge < -0.3 is 15.6 Å². The van der Waals surface area contributed by atoms with E-state index in [2.05, 4.69) is 44.0 Å². The molecule has 1 heterocycles. The summed E-state index contributed by atoms with van der Waals surface area (Å²) in [5, 5.41) is 12.1. The number of nitrogens with one attached hydrogen (secondary N) is 1. The van der Waals surface area contributed by atoms with E-state index in [1.165, 1.54) is 11.8 Å². The normalized spacial score (nSPS) is 13.0. The molecule has 2 amide bonds. The van der Waals surface area contributed by atoms with E-state index < -0.39 is 11.2 Å². The Balaban J connectivity index is 1.80. The average molecular weight is 467 g/mol. The number of rotatable bonds is 10. The first-order valence-electron chi connectivity index (χ1n) is 10.8. The maximum absolute atomic E-state index is 12.8. The summed E-state index contributed by atoms with van der Waals surface area (Å²) in [7, 11) is 4.06. The minimum Gasteiger partial charge on any atom is -0.366 e. The molecule has 33 heavy (non-hydrogen) atoms. The third-order valence-corrected chi connectivity index (χ3v) is 6.41. The number of amides is 2. The van der Waals surface area contributed by atoms with Crippen LogP contribution in [0.5, 0.6) is 0 Å². The van der Waals surface area contributed by atoms with Crippen molar-refractivity contribution in [1.82, 2.24) is 19.7 Å². The van der Waals surface area contributed by atoms with Gasteiger partial charge in [-0.25, -0.2) is 0 Å². The minimum atomic E-state index is -0.506. The van der Waals surface area contributed by atoms with Crippen molar-refractivity contribution in [3.63, 3.8) is 0 Å². The van der Waals surface area contributed by atoms with Crippen LogP contribution >= 0.6 is 11.8 Å².